The maximum Gasteiger partial charge on any atom is 0.273 e. The molecule has 0 fully saturated rings. The molecule has 0 unspecified atom stereocenters. The van der Waals surface area contributed by atoms with Crippen LogP contribution >= 0.6 is 35.3 Å². The number of rotatable bonds is 5. The van der Waals surface area contributed by atoms with Crippen molar-refractivity contribution in [3.8, 4) is 0 Å². The van der Waals surface area contributed by atoms with Crippen molar-refractivity contribution in [3.05, 3.63) is 17.3 Å². The van der Waals surface area contributed by atoms with Gasteiger partial charge in [0.15, 0.2) is 12.0 Å². The molecule has 0 bridgehead atoms. The monoisotopic (exact) mass is 465 g/mol. The molecule has 30 heavy (non-hydrogen) atoms. The number of aryl methyl sites for hydroxylation is 1. The standard InChI is InChI=1S/C19H23N5O3S3/c1-10-12(13(26)20-5)21-14(27-10)17(2)7-29-16(23-17)19(4)9-30-15(24-19)18(3)8-28-11(6-25)22-18/h6H,7-9H2,1-5H3,(H,20,26)/t17-,18-,19-/m0/s1. The molecule has 0 aromatic carbocycles. The zero-order chi connectivity index (χ0) is 21.7. The summed E-state index contributed by atoms with van der Waals surface area (Å²) in [4.78, 5) is 42.1. The van der Waals surface area contributed by atoms with E-state index in [0.717, 1.165) is 27.9 Å². The van der Waals surface area contributed by atoms with Gasteiger partial charge >= 0.3 is 0 Å². The Labute approximate surface area is 187 Å². The Morgan fingerprint density at radius 3 is 2.17 bits per heavy atom. The van der Waals surface area contributed by atoms with E-state index in [4.69, 9.17) is 14.4 Å². The van der Waals surface area contributed by atoms with Gasteiger partial charge in [-0.05, 0) is 27.7 Å². The van der Waals surface area contributed by atoms with E-state index in [1.807, 2.05) is 13.8 Å². The van der Waals surface area contributed by atoms with Gasteiger partial charge in [-0.1, -0.05) is 0 Å². The molecule has 160 valence electrons. The smallest absolute Gasteiger partial charge is 0.273 e. The third-order valence-corrected chi connectivity index (χ3v) is 9.47. The summed E-state index contributed by atoms with van der Waals surface area (Å²) in [6.45, 7) is 7.81. The van der Waals surface area contributed by atoms with Crippen molar-refractivity contribution in [1.82, 2.24) is 10.3 Å². The fourth-order valence-electron chi connectivity index (χ4n) is 3.41. The van der Waals surface area contributed by atoms with Gasteiger partial charge in [0.1, 0.15) is 27.4 Å². The van der Waals surface area contributed by atoms with Crippen LogP contribution < -0.4 is 5.32 Å². The van der Waals surface area contributed by atoms with E-state index in [9.17, 15) is 9.59 Å². The zero-order valence-electron chi connectivity index (χ0n) is 17.4. The fourth-order valence-corrected chi connectivity index (χ4v) is 7.18. The zero-order valence-corrected chi connectivity index (χ0v) is 19.9. The summed E-state index contributed by atoms with van der Waals surface area (Å²) < 4.78 is 5.82. The largest absolute Gasteiger partial charge is 0.442 e. The Hall–Kier alpha value is -1.59. The summed E-state index contributed by atoms with van der Waals surface area (Å²) in [5.74, 6) is 2.81. The highest BCUT2D eigenvalue weighted by Gasteiger charge is 2.48. The first-order valence-electron chi connectivity index (χ1n) is 9.46. The molecule has 0 saturated carbocycles. The van der Waals surface area contributed by atoms with E-state index >= 15 is 0 Å². The van der Waals surface area contributed by atoms with Crippen molar-refractivity contribution in [2.45, 2.75) is 44.3 Å². The van der Waals surface area contributed by atoms with Gasteiger partial charge in [0.2, 0.25) is 5.89 Å². The predicted molar refractivity (Wildman–Crippen MR) is 125 cm³/mol. The van der Waals surface area contributed by atoms with Crippen LogP contribution in [0.25, 0.3) is 0 Å². The minimum Gasteiger partial charge on any atom is -0.442 e. The van der Waals surface area contributed by atoms with Crippen LogP contribution in [0.5, 0.6) is 0 Å². The topological polar surface area (TPSA) is 109 Å². The van der Waals surface area contributed by atoms with Gasteiger partial charge in [-0.2, -0.15) is 0 Å². The van der Waals surface area contributed by atoms with E-state index in [0.29, 0.717) is 28.1 Å². The molecular formula is C19H23N5O3S3. The van der Waals surface area contributed by atoms with Gasteiger partial charge in [0.25, 0.3) is 5.91 Å². The van der Waals surface area contributed by atoms with Gasteiger partial charge in [-0.25, -0.2) is 4.98 Å². The molecule has 11 heteroatoms. The normalized spacial score (nSPS) is 33.3. The van der Waals surface area contributed by atoms with Crippen molar-refractivity contribution >= 4 is 62.6 Å². The molecule has 0 aliphatic carbocycles. The van der Waals surface area contributed by atoms with Crippen molar-refractivity contribution in [3.63, 3.8) is 0 Å². The summed E-state index contributed by atoms with van der Waals surface area (Å²) in [6.07, 6.45) is 0.809. The molecule has 1 N–H and O–H groups in total. The molecule has 4 heterocycles. The maximum atomic E-state index is 12.0. The highest BCUT2D eigenvalue weighted by molar-refractivity contribution is 8.17. The van der Waals surface area contributed by atoms with Crippen LogP contribution in [0, 0.1) is 6.92 Å². The Bertz CT molecular complexity index is 1020. The molecule has 3 aliphatic rings. The second-order valence-electron chi connectivity index (χ2n) is 8.09. The van der Waals surface area contributed by atoms with Crippen LogP contribution in [0.3, 0.4) is 0 Å². The van der Waals surface area contributed by atoms with E-state index < -0.39 is 16.6 Å². The lowest BCUT2D eigenvalue weighted by Crippen LogP contribution is -2.33. The lowest BCUT2D eigenvalue weighted by Gasteiger charge is -2.20. The van der Waals surface area contributed by atoms with Crippen molar-refractivity contribution in [2.24, 2.45) is 15.0 Å². The van der Waals surface area contributed by atoms with Crippen LogP contribution in [-0.2, 0) is 10.3 Å². The summed E-state index contributed by atoms with van der Waals surface area (Å²) in [7, 11) is 1.57. The van der Waals surface area contributed by atoms with Crippen molar-refractivity contribution < 1.29 is 14.0 Å². The third-order valence-electron chi connectivity index (χ3n) is 5.26. The van der Waals surface area contributed by atoms with E-state index in [1.165, 1.54) is 11.8 Å². The first kappa shape index (κ1) is 21.6. The second-order valence-corrected chi connectivity index (χ2v) is 11.0. The van der Waals surface area contributed by atoms with E-state index in [-0.39, 0.29) is 5.91 Å². The molecular weight excluding hydrogens is 442 g/mol. The molecule has 1 aromatic rings. The molecule has 3 atom stereocenters. The lowest BCUT2D eigenvalue weighted by molar-refractivity contribution is -0.102. The second kappa shape index (κ2) is 7.52. The van der Waals surface area contributed by atoms with Gasteiger partial charge in [-0.15, -0.1) is 35.3 Å². The number of aldehydes is 1. The Balaban J connectivity index is 1.62. The Morgan fingerprint density at radius 1 is 1.00 bits per heavy atom. The van der Waals surface area contributed by atoms with Crippen LogP contribution in [0.15, 0.2) is 19.4 Å². The fraction of sp³-hybridized carbons (Fsp3) is 0.579. The molecule has 4 rings (SSSR count). The van der Waals surface area contributed by atoms with Gasteiger partial charge in [-0.3, -0.25) is 24.6 Å². The SMILES string of the molecule is CNC(=O)c1nc([C@]2(C)CSC([C@]3(C)CSC([C@]4(C)CSC(C=O)=N4)=N3)=N2)oc1C. The summed E-state index contributed by atoms with van der Waals surface area (Å²) in [6, 6.07) is 0. The van der Waals surface area contributed by atoms with Crippen LogP contribution in [0.2, 0.25) is 0 Å². The number of nitrogens with zero attached hydrogens (tertiary/aromatic N) is 4. The number of amides is 1. The number of hydrogen-bond donors (Lipinski definition) is 1. The molecule has 1 amide bonds. The number of carbonyl (C=O) groups excluding carboxylic acids is 2. The highest BCUT2D eigenvalue weighted by Crippen LogP contribution is 2.45. The third kappa shape index (κ3) is 3.54. The van der Waals surface area contributed by atoms with Gasteiger partial charge < -0.3 is 9.73 Å². The Morgan fingerprint density at radius 2 is 1.57 bits per heavy atom. The minimum atomic E-state index is -0.654. The summed E-state index contributed by atoms with van der Waals surface area (Å²) in [5.41, 5.74) is -1.28. The Kier molecular flexibility index (Phi) is 5.43. The van der Waals surface area contributed by atoms with E-state index in [2.05, 4.69) is 22.2 Å². The van der Waals surface area contributed by atoms with Crippen LogP contribution in [-0.4, -0.2) is 67.7 Å². The number of aliphatic imine (C=N–C) groups is 3. The molecule has 0 spiro atoms. The first-order chi connectivity index (χ1) is 14.1. The maximum absolute atomic E-state index is 12.0. The summed E-state index contributed by atoms with van der Waals surface area (Å²) >= 11 is 4.80. The lowest BCUT2D eigenvalue weighted by atomic mass is 10.0. The number of nitrogens with one attached hydrogen (secondary N) is 1. The average Bonchev–Trinajstić information content (AvgIpc) is 3.48. The van der Waals surface area contributed by atoms with Gasteiger partial charge in [0, 0.05) is 24.3 Å². The minimum absolute atomic E-state index is 0.271. The van der Waals surface area contributed by atoms with Crippen molar-refractivity contribution in [1.29, 1.82) is 0 Å². The van der Waals surface area contributed by atoms with Gasteiger partial charge in [0.05, 0.1) is 10.1 Å². The molecule has 3 aliphatic heterocycles. The number of thioether (sulfide) groups is 3. The van der Waals surface area contributed by atoms with Crippen LogP contribution in [0.1, 0.15) is 42.9 Å². The number of hydrogen-bond acceptors (Lipinski definition) is 10. The number of oxazole rings is 1. The summed E-state index contributed by atoms with van der Waals surface area (Å²) in [5, 5.41) is 4.99. The van der Waals surface area contributed by atoms with E-state index in [1.54, 1.807) is 37.5 Å². The quantitative estimate of drug-likeness (QED) is 0.666. The molecule has 8 nitrogen and oxygen atoms in total. The molecule has 1 aromatic heterocycles. The first-order valence-corrected chi connectivity index (χ1v) is 12.4. The van der Waals surface area contributed by atoms with Crippen LogP contribution in [0.4, 0.5) is 0 Å². The average molecular weight is 466 g/mol. The number of aromatic nitrogens is 1. The molecule has 0 radical (unpaired) electrons. The predicted octanol–water partition coefficient (Wildman–Crippen LogP) is 2.71. The van der Waals surface area contributed by atoms with Crippen molar-refractivity contribution in [2.75, 3.05) is 24.3 Å². The highest BCUT2D eigenvalue weighted by atomic mass is 32.2. The molecule has 0 saturated heterocycles. The number of carbonyl (C=O) groups is 2.